The smallest absolute Gasteiger partial charge is 0.330 e. The number of allylic oxidation sites excluding steroid dienone is 4. The van der Waals surface area contributed by atoms with E-state index < -0.39 is 64.4 Å². The number of carbonyl (C=O) groups is 2. The summed E-state index contributed by atoms with van der Waals surface area (Å²) in [4.78, 5) is 55.3. The molecular weight excluding hydrogens is 568 g/mol. The van der Waals surface area contributed by atoms with Crippen LogP contribution in [0.3, 0.4) is 0 Å². The zero-order valence-electron chi connectivity index (χ0n) is 24.9. The zero-order valence-corrected chi connectivity index (χ0v) is 24.9. The lowest BCUT2D eigenvalue weighted by atomic mass is 9.47. The van der Waals surface area contributed by atoms with Crippen LogP contribution in [0.2, 0.25) is 0 Å². The van der Waals surface area contributed by atoms with Crippen LogP contribution in [0.25, 0.3) is 10.4 Å². The van der Waals surface area contributed by atoms with E-state index in [0.717, 1.165) is 18.4 Å². The molecule has 4 fully saturated rings. The van der Waals surface area contributed by atoms with Crippen LogP contribution < -0.4 is 11.2 Å². The van der Waals surface area contributed by atoms with Crippen molar-refractivity contribution in [3.8, 4) is 6.07 Å². The van der Waals surface area contributed by atoms with Crippen LogP contribution in [-0.4, -0.2) is 51.3 Å². The Hall–Kier alpha value is -3.98. The number of aromatic amines is 1. The molecule has 0 spiro atoms. The van der Waals surface area contributed by atoms with Crippen LogP contribution in [0.15, 0.2) is 44.7 Å². The second-order valence-corrected chi connectivity index (χ2v) is 13.5. The number of aromatic nitrogens is 2. The third-order valence-electron chi connectivity index (χ3n) is 11.2. The van der Waals surface area contributed by atoms with E-state index in [4.69, 9.17) is 15.0 Å². The molecule has 232 valence electrons. The van der Waals surface area contributed by atoms with Gasteiger partial charge in [-0.25, -0.2) is 4.79 Å². The van der Waals surface area contributed by atoms with E-state index in [9.17, 15) is 29.5 Å². The molecule has 44 heavy (non-hydrogen) atoms. The first-order chi connectivity index (χ1) is 20.9. The molecule has 13 heteroatoms. The summed E-state index contributed by atoms with van der Waals surface area (Å²) in [7, 11) is 0. The van der Waals surface area contributed by atoms with Gasteiger partial charge in [0.15, 0.2) is 5.78 Å². The van der Waals surface area contributed by atoms with Gasteiger partial charge < -0.3 is 14.6 Å². The number of hydrogen-bond donors (Lipinski definition) is 2. The van der Waals surface area contributed by atoms with Crippen LogP contribution in [-0.2, 0) is 19.1 Å². The Balaban J connectivity index is 1.21. The number of nitriles is 1. The van der Waals surface area contributed by atoms with Crippen molar-refractivity contribution >= 4 is 11.8 Å². The number of aryl methyl sites for hydroxylation is 1. The summed E-state index contributed by atoms with van der Waals surface area (Å²) in [6.07, 6.45) is 6.57. The summed E-state index contributed by atoms with van der Waals surface area (Å²) in [5.74, 6) is -2.06. The van der Waals surface area contributed by atoms with E-state index in [1.54, 1.807) is 19.1 Å². The monoisotopic (exact) mass is 604 g/mol. The van der Waals surface area contributed by atoms with Crippen LogP contribution in [0.4, 0.5) is 0 Å². The molecule has 1 aromatic heterocycles. The summed E-state index contributed by atoms with van der Waals surface area (Å²) >= 11 is 0. The number of esters is 1. The van der Waals surface area contributed by atoms with Crippen LogP contribution >= 0.6 is 0 Å². The van der Waals surface area contributed by atoms with Crippen molar-refractivity contribution in [2.75, 3.05) is 6.61 Å². The van der Waals surface area contributed by atoms with Crippen molar-refractivity contribution in [3.63, 3.8) is 0 Å². The second-order valence-electron chi connectivity index (χ2n) is 13.5. The number of ether oxygens (including phenoxy) is 2. The van der Waals surface area contributed by atoms with Gasteiger partial charge >= 0.3 is 11.7 Å². The third-order valence-corrected chi connectivity index (χ3v) is 11.2. The van der Waals surface area contributed by atoms with E-state index in [1.165, 1.54) is 10.8 Å². The van der Waals surface area contributed by atoms with Gasteiger partial charge in [0.25, 0.3) is 5.56 Å². The Morgan fingerprint density at radius 2 is 2.11 bits per heavy atom. The first-order valence-corrected chi connectivity index (χ1v) is 15.1. The Bertz CT molecular complexity index is 1670. The molecule has 0 amide bonds. The lowest BCUT2D eigenvalue weighted by molar-refractivity contribution is -0.166. The molecule has 0 aromatic carbocycles. The number of rotatable bonds is 5. The molecule has 2 N–H and O–H groups in total. The summed E-state index contributed by atoms with van der Waals surface area (Å²) in [6.45, 7) is 5.34. The maximum absolute atomic E-state index is 13.8. The zero-order chi connectivity index (χ0) is 31.6. The summed E-state index contributed by atoms with van der Waals surface area (Å²) in [6, 6.07) is 1.60. The normalized spacial score (nSPS) is 40.6. The van der Waals surface area contributed by atoms with Crippen LogP contribution in [0.1, 0.15) is 57.7 Å². The highest BCUT2D eigenvalue weighted by Crippen LogP contribution is 2.67. The van der Waals surface area contributed by atoms with Crippen LogP contribution in [0, 0.1) is 58.7 Å². The molecule has 6 rings (SSSR count). The Kier molecular flexibility index (Phi) is 7.43. The Morgan fingerprint density at radius 1 is 1.34 bits per heavy atom. The number of H-pyrrole nitrogens is 1. The van der Waals surface area contributed by atoms with Crippen molar-refractivity contribution in [3.05, 3.63) is 66.8 Å². The minimum absolute atomic E-state index is 0.000836. The molecule has 5 aliphatic rings. The predicted octanol–water partition coefficient (Wildman–Crippen LogP) is 3.00. The highest BCUT2D eigenvalue weighted by atomic mass is 16.6. The number of aliphatic hydroxyl groups is 1. The quantitative estimate of drug-likeness (QED) is 0.221. The van der Waals surface area contributed by atoms with E-state index >= 15 is 0 Å². The van der Waals surface area contributed by atoms with Crippen LogP contribution in [0.5, 0.6) is 0 Å². The number of carbonyl (C=O) groups excluding carboxylic acids is 2. The maximum atomic E-state index is 13.8. The highest BCUT2D eigenvalue weighted by Gasteiger charge is 2.65. The second kappa shape index (κ2) is 10.9. The summed E-state index contributed by atoms with van der Waals surface area (Å²) in [5.41, 5.74) is 8.14. The van der Waals surface area contributed by atoms with E-state index in [-0.39, 0.29) is 36.6 Å². The van der Waals surface area contributed by atoms with E-state index in [0.29, 0.717) is 18.4 Å². The van der Waals surface area contributed by atoms with E-state index in [2.05, 4.69) is 28.0 Å². The maximum Gasteiger partial charge on any atom is 0.330 e. The highest BCUT2D eigenvalue weighted by molar-refractivity contribution is 6.01. The first-order valence-electron chi connectivity index (χ1n) is 15.1. The molecule has 11 atom stereocenters. The standard InChI is InChI=1S/C31H36N6O7/c1-15-13-37(29(42)34-27(15)40)24-10-21(35-36-33)23(44-24)14-43-28(41)25-16(12-32)8-20-19-5-4-17-9-18(38)6-7-30(17,2)26(19)22(39)11-31(20,25)3/h6-7,9,13,16,19-26,39H,4-5,8,10-11,14H2,1-3H3,(H,34,40,42)/t16-,19+,20+,21+,22+,23-,24-,25-,26-,30+,31+/m1/s1. The van der Waals surface area contributed by atoms with Gasteiger partial charge in [-0.05, 0) is 67.5 Å². The number of fused-ring (bicyclic) bond motifs is 5. The molecule has 13 nitrogen and oxygen atoms in total. The van der Waals surface area contributed by atoms with Crippen molar-refractivity contribution in [2.45, 2.75) is 77.4 Å². The van der Waals surface area contributed by atoms with Gasteiger partial charge in [0.05, 0.1) is 30.1 Å². The molecule has 0 bridgehead atoms. The minimum atomic E-state index is -0.852. The Morgan fingerprint density at radius 3 is 2.84 bits per heavy atom. The van der Waals surface area contributed by atoms with Gasteiger partial charge in [-0.2, -0.15) is 5.26 Å². The number of nitrogens with zero attached hydrogens (tertiary/aromatic N) is 5. The Labute approximate surface area is 253 Å². The van der Waals surface area contributed by atoms with Gasteiger partial charge in [0.1, 0.15) is 18.9 Å². The third kappa shape index (κ3) is 4.64. The molecule has 2 heterocycles. The largest absolute Gasteiger partial charge is 0.463 e. The fraction of sp³-hybridized carbons (Fsp3) is 0.645. The molecule has 1 saturated heterocycles. The summed E-state index contributed by atoms with van der Waals surface area (Å²) < 4.78 is 13.0. The molecule has 0 radical (unpaired) electrons. The fourth-order valence-corrected chi connectivity index (χ4v) is 9.21. The van der Waals surface area contributed by atoms with Gasteiger partial charge in [0, 0.05) is 34.4 Å². The predicted molar refractivity (Wildman–Crippen MR) is 154 cm³/mol. The molecule has 1 aromatic rings. The number of aliphatic hydroxyl groups excluding tert-OH is 1. The number of nitrogens with one attached hydrogen (secondary N) is 1. The van der Waals surface area contributed by atoms with E-state index in [1.807, 2.05) is 13.0 Å². The van der Waals surface area contributed by atoms with Gasteiger partial charge in [-0.15, -0.1) is 0 Å². The van der Waals surface area contributed by atoms with Crippen molar-refractivity contribution < 1.29 is 24.2 Å². The number of azide groups is 1. The average Bonchev–Trinajstić information content (AvgIpc) is 3.51. The lowest BCUT2D eigenvalue weighted by Crippen LogP contribution is -2.56. The van der Waals surface area contributed by atoms with Gasteiger partial charge in [0.2, 0.25) is 0 Å². The van der Waals surface area contributed by atoms with Crippen molar-refractivity contribution in [1.82, 2.24) is 9.55 Å². The number of ketones is 1. The van der Waals surface area contributed by atoms with Gasteiger partial charge in [-0.1, -0.05) is 30.6 Å². The average molecular weight is 605 g/mol. The molecule has 0 unspecified atom stereocenters. The minimum Gasteiger partial charge on any atom is -0.463 e. The van der Waals surface area contributed by atoms with Crippen molar-refractivity contribution in [1.29, 1.82) is 5.26 Å². The SMILES string of the molecule is Cc1cn([C@H]2C[C@H](N=[N+]=[N-])[C@@H](COC(=O)[C@H]3[C@@H](C#N)C[C@H]4[C@@H]5CCC6=CC(=O)C=C[C@]6(C)[C@H]5[C@@H](O)C[C@@]43C)O2)c(=O)[nH]c1=O. The topological polar surface area (TPSA) is 200 Å². The van der Waals surface area contributed by atoms with Gasteiger partial charge in [-0.3, -0.25) is 23.9 Å². The lowest BCUT2D eigenvalue weighted by Gasteiger charge is -2.58. The summed E-state index contributed by atoms with van der Waals surface area (Å²) in [5, 5.41) is 25.6. The molecular formula is C31H36N6O7. The molecule has 3 saturated carbocycles. The number of hydrogen-bond acceptors (Lipinski definition) is 9. The first kappa shape index (κ1) is 30.1. The fourth-order valence-electron chi connectivity index (χ4n) is 9.21. The molecule has 4 aliphatic carbocycles. The van der Waals surface area contributed by atoms with Crippen molar-refractivity contribution in [2.24, 2.45) is 45.5 Å². The molecule has 1 aliphatic heterocycles.